The first-order chi connectivity index (χ1) is 10.2. The van der Waals surface area contributed by atoms with Crippen molar-refractivity contribution in [2.75, 3.05) is 0 Å². The first-order valence-corrected chi connectivity index (χ1v) is 6.55. The monoisotopic (exact) mass is 308 g/mol. The Labute approximate surface area is 126 Å². The molecule has 118 valence electrons. The maximum absolute atomic E-state index is 11.2. The maximum atomic E-state index is 11.2. The van der Waals surface area contributed by atoms with Crippen LogP contribution in [0.15, 0.2) is 24.3 Å². The van der Waals surface area contributed by atoms with Gasteiger partial charge in [-0.05, 0) is 17.9 Å². The Balaban J connectivity index is 3.60. The minimum atomic E-state index is -1.26. The molecule has 1 unspecified atom stereocenters. The van der Waals surface area contributed by atoms with Gasteiger partial charge >= 0.3 is 5.97 Å². The van der Waals surface area contributed by atoms with E-state index in [0.717, 1.165) is 6.07 Å². The summed E-state index contributed by atoms with van der Waals surface area (Å²) in [7, 11) is 0. The molecule has 0 aliphatic rings. The second-order valence-electron chi connectivity index (χ2n) is 4.94. The van der Waals surface area contributed by atoms with Crippen molar-refractivity contribution in [3.63, 3.8) is 0 Å². The van der Waals surface area contributed by atoms with Crippen LogP contribution in [0.4, 0.5) is 11.4 Å². The maximum Gasteiger partial charge on any atom is 0.331 e. The van der Waals surface area contributed by atoms with E-state index in [4.69, 9.17) is 5.11 Å². The summed E-state index contributed by atoms with van der Waals surface area (Å²) in [6.07, 6.45) is 0.369. The summed E-state index contributed by atoms with van der Waals surface area (Å²) in [5.41, 5.74) is -0.469. The van der Waals surface area contributed by atoms with E-state index >= 15 is 0 Å². The van der Waals surface area contributed by atoms with Crippen molar-refractivity contribution in [1.29, 1.82) is 0 Å². The first kappa shape index (κ1) is 17.3. The van der Waals surface area contributed by atoms with Gasteiger partial charge in [-0.15, -0.1) is 0 Å². The number of hydrogen-bond acceptors (Lipinski definition) is 5. The number of nitro groups is 2. The fourth-order valence-electron chi connectivity index (χ4n) is 2.07. The van der Waals surface area contributed by atoms with Crippen LogP contribution in [0.25, 0.3) is 0 Å². The predicted octanol–water partition coefficient (Wildman–Crippen LogP) is 3.20. The van der Waals surface area contributed by atoms with E-state index in [2.05, 4.69) is 6.58 Å². The highest BCUT2D eigenvalue weighted by molar-refractivity contribution is 5.86. The highest BCUT2D eigenvalue weighted by Gasteiger charge is 2.27. The molecule has 0 aromatic heterocycles. The van der Waals surface area contributed by atoms with E-state index in [-0.39, 0.29) is 29.2 Å². The summed E-state index contributed by atoms with van der Waals surface area (Å²) in [4.78, 5) is 31.7. The molecular weight excluding hydrogens is 292 g/mol. The Morgan fingerprint density at radius 2 is 1.91 bits per heavy atom. The second-order valence-corrected chi connectivity index (χ2v) is 4.94. The Hall–Kier alpha value is -2.77. The molecule has 0 heterocycles. The summed E-state index contributed by atoms with van der Waals surface area (Å²) in [6.45, 7) is 6.99. The normalized spacial score (nSPS) is 11.7. The van der Waals surface area contributed by atoms with Crippen LogP contribution in [0.5, 0.6) is 0 Å². The SMILES string of the molecule is C=C(Cc1c(C(C)CC)cc([N+](=O)[O-])cc1[N+](=O)[O-])C(=O)O. The van der Waals surface area contributed by atoms with Gasteiger partial charge in [0.05, 0.1) is 15.9 Å². The molecule has 1 N–H and O–H groups in total. The molecule has 0 saturated carbocycles. The van der Waals surface area contributed by atoms with E-state index in [0.29, 0.717) is 12.0 Å². The van der Waals surface area contributed by atoms with E-state index in [1.165, 1.54) is 6.07 Å². The van der Waals surface area contributed by atoms with Crippen molar-refractivity contribution in [1.82, 2.24) is 0 Å². The van der Waals surface area contributed by atoms with Crippen LogP contribution in [0.1, 0.15) is 37.3 Å². The van der Waals surface area contributed by atoms with Crippen molar-refractivity contribution in [3.05, 3.63) is 55.6 Å². The Kier molecular flexibility index (Phi) is 5.33. The van der Waals surface area contributed by atoms with Crippen molar-refractivity contribution in [2.24, 2.45) is 0 Å². The van der Waals surface area contributed by atoms with E-state index in [1.807, 2.05) is 6.92 Å². The third-order valence-corrected chi connectivity index (χ3v) is 3.49. The van der Waals surface area contributed by atoms with Gasteiger partial charge in [0, 0.05) is 23.6 Å². The van der Waals surface area contributed by atoms with Crippen molar-refractivity contribution >= 4 is 17.3 Å². The Morgan fingerprint density at radius 3 is 2.32 bits per heavy atom. The number of hydrogen-bond donors (Lipinski definition) is 1. The molecule has 0 bridgehead atoms. The molecule has 0 fully saturated rings. The van der Waals surface area contributed by atoms with Crippen LogP contribution in [-0.4, -0.2) is 20.9 Å². The molecule has 1 aromatic carbocycles. The Morgan fingerprint density at radius 1 is 1.32 bits per heavy atom. The number of nitrogens with zero attached hydrogens (tertiary/aromatic N) is 2. The van der Waals surface area contributed by atoms with Crippen LogP contribution in [0, 0.1) is 20.2 Å². The van der Waals surface area contributed by atoms with Crippen LogP contribution in [-0.2, 0) is 11.2 Å². The van der Waals surface area contributed by atoms with Crippen LogP contribution < -0.4 is 0 Å². The van der Waals surface area contributed by atoms with Gasteiger partial charge in [0.25, 0.3) is 11.4 Å². The van der Waals surface area contributed by atoms with Gasteiger partial charge < -0.3 is 5.11 Å². The second kappa shape index (κ2) is 6.79. The van der Waals surface area contributed by atoms with Crippen molar-refractivity contribution in [2.45, 2.75) is 32.6 Å². The Bertz CT molecular complexity index is 653. The fraction of sp³-hybridized carbons (Fsp3) is 0.357. The van der Waals surface area contributed by atoms with Gasteiger partial charge in [0.15, 0.2) is 0 Å². The summed E-state index contributed by atoms with van der Waals surface area (Å²) < 4.78 is 0. The molecule has 0 aliphatic carbocycles. The molecule has 0 spiro atoms. The standard InChI is InChI=1S/C14H16N2O6/c1-4-8(2)11-6-10(15(19)20)7-13(16(21)22)12(11)5-9(3)14(17)18/h6-8H,3-5H2,1-2H3,(H,17,18). The molecule has 0 radical (unpaired) electrons. The summed E-state index contributed by atoms with van der Waals surface area (Å²) in [6, 6.07) is 2.13. The minimum Gasteiger partial charge on any atom is -0.478 e. The molecule has 22 heavy (non-hydrogen) atoms. The van der Waals surface area contributed by atoms with Gasteiger partial charge in [-0.2, -0.15) is 0 Å². The average Bonchev–Trinajstić information content (AvgIpc) is 2.45. The van der Waals surface area contributed by atoms with E-state index in [1.54, 1.807) is 6.92 Å². The molecule has 8 nitrogen and oxygen atoms in total. The zero-order valence-electron chi connectivity index (χ0n) is 12.2. The number of carbonyl (C=O) groups is 1. The van der Waals surface area contributed by atoms with Crippen LogP contribution >= 0.6 is 0 Å². The number of aliphatic carboxylic acids is 1. The highest BCUT2D eigenvalue weighted by Crippen LogP contribution is 2.35. The number of carboxylic acid groups (broad SMARTS) is 1. The minimum absolute atomic E-state index is 0.164. The molecule has 0 amide bonds. The molecule has 1 aromatic rings. The average molecular weight is 308 g/mol. The molecule has 8 heteroatoms. The topological polar surface area (TPSA) is 124 Å². The fourth-order valence-corrected chi connectivity index (χ4v) is 2.07. The van der Waals surface area contributed by atoms with Gasteiger partial charge in [0.1, 0.15) is 0 Å². The number of carboxylic acids is 1. The zero-order chi connectivity index (χ0) is 17.0. The third kappa shape index (κ3) is 3.66. The van der Waals surface area contributed by atoms with Crippen LogP contribution in [0.2, 0.25) is 0 Å². The van der Waals surface area contributed by atoms with Crippen LogP contribution in [0.3, 0.4) is 0 Å². The molecular formula is C14H16N2O6. The van der Waals surface area contributed by atoms with Gasteiger partial charge in [0.2, 0.25) is 0 Å². The molecule has 0 saturated heterocycles. The molecule has 1 atom stereocenters. The lowest BCUT2D eigenvalue weighted by Crippen LogP contribution is -2.09. The van der Waals surface area contributed by atoms with Crippen molar-refractivity contribution < 1.29 is 19.7 Å². The van der Waals surface area contributed by atoms with Gasteiger partial charge in [-0.3, -0.25) is 20.2 Å². The highest BCUT2D eigenvalue weighted by atomic mass is 16.6. The number of rotatable bonds is 7. The van der Waals surface area contributed by atoms with E-state index in [9.17, 15) is 25.0 Å². The van der Waals surface area contributed by atoms with E-state index < -0.39 is 21.5 Å². The third-order valence-electron chi connectivity index (χ3n) is 3.49. The lowest BCUT2D eigenvalue weighted by molar-refractivity contribution is -0.394. The number of nitro benzene ring substituents is 2. The smallest absolute Gasteiger partial charge is 0.331 e. The summed E-state index contributed by atoms with van der Waals surface area (Å²) in [5.74, 6) is -1.45. The number of benzene rings is 1. The number of non-ortho nitro benzene ring substituents is 1. The largest absolute Gasteiger partial charge is 0.478 e. The van der Waals surface area contributed by atoms with Gasteiger partial charge in [-0.25, -0.2) is 4.79 Å². The first-order valence-electron chi connectivity index (χ1n) is 6.55. The lowest BCUT2D eigenvalue weighted by Gasteiger charge is -2.15. The molecule has 1 rings (SSSR count). The van der Waals surface area contributed by atoms with Crippen molar-refractivity contribution in [3.8, 4) is 0 Å². The lowest BCUT2D eigenvalue weighted by atomic mass is 9.89. The summed E-state index contributed by atoms with van der Waals surface area (Å²) in [5, 5.41) is 31.1. The van der Waals surface area contributed by atoms with Gasteiger partial charge in [-0.1, -0.05) is 20.4 Å². The summed E-state index contributed by atoms with van der Waals surface area (Å²) >= 11 is 0. The predicted molar refractivity (Wildman–Crippen MR) is 78.9 cm³/mol. The zero-order valence-corrected chi connectivity index (χ0v) is 12.2. The quantitative estimate of drug-likeness (QED) is 0.468. The molecule has 0 aliphatic heterocycles.